The average Bonchev–Trinajstić information content (AvgIpc) is 3.57. The van der Waals surface area contributed by atoms with Gasteiger partial charge >= 0.3 is 6.03 Å². The van der Waals surface area contributed by atoms with Crippen molar-refractivity contribution in [1.29, 1.82) is 0 Å². The Morgan fingerprint density at radius 2 is 1.64 bits per heavy atom. The maximum absolute atomic E-state index is 14.5. The zero-order chi connectivity index (χ0) is 29.4. The maximum Gasteiger partial charge on any atom is 0.322 e. The second-order valence-electron chi connectivity index (χ2n) is 10.4. The number of rotatable bonds is 6. The molecule has 214 valence electrons. The van der Waals surface area contributed by atoms with E-state index in [9.17, 15) is 18.8 Å². The van der Waals surface area contributed by atoms with Gasteiger partial charge in [0, 0.05) is 34.6 Å². The lowest BCUT2D eigenvalue weighted by molar-refractivity contribution is -0.120. The summed E-state index contributed by atoms with van der Waals surface area (Å²) in [5, 5.41) is 13.4. The van der Waals surface area contributed by atoms with Gasteiger partial charge in [0.1, 0.15) is 11.9 Å². The van der Waals surface area contributed by atoms with Crippen LogP contribution in [-0.2, 0) is 4.79 Å². The molecule has 3 aromatic carbocycles. The third-order valence-electron chi connectivity index (χ3n) is 7.96. The highest BCUT2D eigenvalue weighted by molar-refractivity contribution is 6.31. The summed E-state index contributed by atoms with van der Waals surface area (Å²) in [7, 11) is 0. The van der Waals surface area contributed by atoms with E-state index in [1.165, 1.54) is 6.07 Å². The largest absolute Gasteiger partial charge is 0.337 e. The minimum absolute atomic E-state index is 0.00759. The van der Waals surface area contributed by atoms with Crippen molar-refractivity contribution in [2.24, 2.45) is 0 Å². The van der Waals surface area contributed by atoms with Gasteiger partial charge in [0.05, 0.1) is 5.69 Å². The molecule has 0 saturated carbocycles. The number of nitrogens with zero attached hydrogens (tertiary/aromatic N) is 2. The number of hydrogen-bond donors (Lipinski definition) is 3. The average molecular weight is 606 g/mol. The van der Waals surface area contributed by atoms with Crippen molar-refractivity contribution in [3.05, 3.63) is 111 Å². The Hall–Kier alpha value is -4.21. The smallest absolute Gasteiger partial charge is 0.322 e. The fourth-order valence-electron chi connectivity index (χ4n) is 5.90. The van der Waals surface area contributed by atoms with Gasteiger partial charge in [-0.15, -0.1) is 0 Å². The SMILES string of the molecule is O=C1NC(=O)C(C(c2ccccc2Cl)c2c(C(=O)N3CCC(c4ccccc4F)CC3)n[nH]c2-c2ccc(Cl)cc2)N1. The molecule has 0 aliphatic carbocycles. The van der Waals surface area contributed by atoms with Gasteiger partial charge in [-0.05, 0) is 59.7 Å². The van der Waals surface area contributed by atoms with E-state index >= 15 is 0 Å². The van der Waals surface area contributed by atoms with Crippen molar-refractivity contribution >= 4 is 41.0 Å². The lowest BCUT2D eigenvalue weighted by Gasteiger charge is -2.32. The molecule has 11 heteroatoms. The number of aromatic amines is 1. The van der Waals surface area contributed by atoms with Crippen LogP contribution < -0.4 is 10.6 Å². The van der Waals surface area contributed by atoms with E-state index in [1.807, 2.05) is 6.07 Å². The number of aromatic nitrogens is 2. The minimum atomic E-state index is -1.06. The highest BCUT2D eigenvalue weighted by atomic mass is 35.5. The normalized spacial score (nSPS) is 18.1. The summed E-state index contributed by atoms with van der Waals surface area (Å²) in [6, 6.07) is 19.0. The molecule has 42 heavy (non-hydrogen) atoms. The van der Waals surface area contributed by atoms with Crippen LogP contribution in [0.2, 0.25) is 10.0 Å². The van der Waals surface area contributed by atoms with Crippen LogP contribution in [0.1, 0.15) is 51.9 Å². The van der Waals surface area contributed by atoms with Gasteiger partial charge in [0.25, 0.3) is 11.8 Å². The first-order valence-corrected chi connectivity index (χ1v) is 14.3. The van der Waals surface area contributed by atoms with E-state index in [-0.39, 0.29) is 23.3 Å². The quantitative estimate of drug-likeness (QED) is 0.238. The molecule has 1 aromatic heterocycles. The molecule has 3 heterocycles. The van der Waals surface area contributed by atoms with Gasteiger partial charge in [0.15, 0.2) is 5.69 Å². The van der Waals surface area contributed by atoms with Crippen molar-refractivity contribution in [3.8, 4) is 11.3 Å². The Balaban J connectivity index is 1.43. The molecule has 2 saturated heterocycles. The van der Waals surface area contributed by atoms with Gasteiger partial charge in [-0.25, -0.2) is 9.18 Å². The number of piperidine rings is 1. The number of hydrogen-bond acceptors (Lipinski definition) is 4. The second-order valence-corrected chi connectivity index (χ2v) is 11.2. The Labute approximate surface area is 251 Å². The standard InChI is InChI=1S/C31H26Cl2FN5O3/c32-19-11-9-18(10-12-19)26-25(24(21-6-1-3-7-22(21)33)27-29(40)36-31(42)35-27)28(38-37-26)30(41)39-15-13-17(14-16-39)20-5-2-4-8-23(20)34/h1-12,17,24,27H,13-16H2,(H,37,38)(H2,35,36,40,42). The minimum Gasteiger partial charge on any atom is -0.337 e. The van der Waals surface area contributed by atoms with Gasteiger partial charge in [-0.3, -0.25) is 20.0 Å². The van der Waals surface area contributed by atoms with Crippen molar-refractivity contribution in [2.75, 3.05) is 13.1 Å². The molecule has 4 amide bonds. The number of imide groups is 1. The Morgan fingerprint density at radius 1 is 0.952 bits per heavy atom. The summed E-state index contributed by atoms with van der Waals surface area (Å²) in [5.41, 5.74) is 2.91. The van der Waals surface area contributed by atoms with E-state index in [0.717, 1.165) is 0 Å². The predicted octanol–water partition coefficient (Wildman–Crippen LogP) is 5.88. The first kappa shape index (κ1) is 27.9. The summed E-state index contributed by atoms with van der Waals surface area (Å²) in [4.78, 5) is 41.2. The number of nitrogens with one attached hydrogen (secondary N) is 3. The van der Waals surface area contributed by atoms with E-state index in [1.54, 1.807) is 65.6 Å². The van der Waals surface area contributed by atoms with Gasteiger partial charge in [0.2, 0.25) is 0 Å². The molecule has 0 bridgehead atoms. The Morgan fingerprint density at radius 3 is 2.31 bits per heavy atom. The van der Waals surface area contributed by atoms with E-state index in [4.69, 9.17) is 23.2 Å². The van der Waals surface area contributed by atoms with Crippen LogP contribution in [0.25, 0.3) is 11.3 Å². The molecule has 2 aliphatic rings. The number of amides is 4. The van der Waals surface area contributed by atoms with E-state index < -0.39 is 23.9 Å². The van der Waals surface area contributed by atoms with E-state index in [2.05, 4.69) is 20.8 Å². The van der Waals surface area contributed by atoms with Crippen LogP contribution >= 0.6 is 23.2 Å². The third kappa shape index (κ3) is 5.26. The summed E-state index contributed by atoms with van der Waals surface area (Å²) in [5.74, 6) is -1.99. The summed E-state index contributed by atoms with van der Waals surface area (Å²) >= 11 is 12.8. The molecular weight excluding hydrogens is 580 g/mol. The number of carbonyl (C=O) groups is 3. The number of halogens is 3. The number of urea groups is 1. The van der Waals surface area contributed by atoms with Gasteiger partial charge < -0.3 is 10.2 Å². The van der Waals surface area contributed by atoms with Crippen LogP contribution in [-0.4, -0.2) is 52.1 Å². The molecule has 3 N–H and O–H groups in total. The molecule has 2 fully saturated rings. The fraction of sp³-hybridized carbons (Fsp3) is 0.226. The first-order chi connectivity index (χ1) is 20.3. The van der Waals surface area contributed by atoms with Crippen molar-refractivity contribution in [2.45, 2.75) is 30.7 Å². The highest BCUT2D eigenvalue weighted by Gasteiger charge is 2.43. The number of benzene rings is 3. The van der Waals surface area contributed by atoms with Crippen molar-refractivity contribution in [3.63, 3.8) is 0 Å². The molecule has 4 aromatic rings. The highest BCUT2D eigenvalue weighted by Crippen LogP contribution is 2.41. The van der Waals surface area contributed by atoms with E-state index in [0.29, 0.717) is 63.9 Å². The number of likely N-dealkylation sites (tertiary alicyclic amines) is 1. The lowest BCUT2D eigenvalue weighted by Crippen LogP contribution is -2.40. The molecule has 6 rings (SSSR count). The molecule has 8 nitrogen and oxygen atoms in total. The Kier molecular flexibility index (Phi) is 7.70. The molecule has 2 unspecified atom stereocenters. The summed E-state index contributed by atoms with van der Waals surface area (Å²) < 4.78 is 14.5. The number of carbonyl (C=O) groups excluding carboxylic acids is 3. The van der Waals surface area contributed by atoms with Crippen LogP contribution in [0.15, 0.2) is 72.8 Å². The fourth-order valence-corrected chi connectivity index (χ4v) is 6.28. The molecule has 0 spiro atoms. The molecular formula is C31H26Cl2FN5O3. The van der Waals surface area contributed by atoms with Crippen LogP contribution in [0.5, 0.6) is 0 Å². The second kappa shape index (κ2) is 11.6. The van der Waals surface area contributed by atoms with Gasteiger partial charge in [-0.2, -0.15) is 5.10 Å². The topological polar surface area (TPSA) is 107 Å². The molecule has 0 radical (unpaired) electrons. The van der Waals surface area contributed by atoms with Crippen LogP contribution in [0, 0.1) is 5.82 Å². The van der Waals surface area contributed by atoms with Crippen LogP contribution in [0.3, 0.4) is 0 Å². The maximum atomic E-state index is 14.5. The Bertz CT molecular complexity index is 1670. The zero-order valence-electron chi connectivity index (χ0n) is 22.2. The zero-order valence-corrected chi connectivity index (χ0v) is 23.8. The summed E-state index contributed by atoms with van der Waals surface area (Å²) in [6.45, 7) is 0.801. The summed E-state index contributed by atoms with van der Waals surface area (Å²) in [6.07, 6.45) is 1.18. The molecule has 2 atom stereocenters. The van der Waals surface area contributed by atoms with Crippen molar-refractivity contribution < 1.29 is 18.8 Å². The van der Waals surface area contributed by atoms with Crippen molar-refractivity contribution in [1.82, 2.24) is 25.7 Å². The first-order valence-electron chi connectivity index (χ1n) is 13.6. The van der Waals surface area contributed by atoms with Gasteiger partial charge in [-0.1, -0.05) is 71.7 Å². The lowest BCUT2D eigenvalue weighted by atomic mass is 9.82. The molecule has 2 aliphatic heterocycles. The predicted molar refractivity (Wildman–Crippen MR) is 157 cm³/mol. The monoisotopic (exact) mass is 605 g/mol. The third-order valence-corrected chi connectivity index (χ3v) is 8.55. The number of H-pyrrole nitrogens is 1. The van der Waals surface area contributed by atoms with Crippen LogP contribution in [0.4, 0.5) is 9.18 Å².